The number of aromatic nitrogens is 3. The van der Waals surface area contributed by atoms with Crippen LogP contribution >= 0.6 is 11.3 Å². The van der Waals surface area contributed by atoms with Gasteiger partial charge in [0, 0.05) is 24.4 Å². The van der Waals surface area contributed by atoms with Crippen molar-refractivity contribution in [1.82, 2.24) is 20.1 Å². The molecule has 90 valence electrons. The SMILES string of the molecule is CCN1CCc2nc(-c3cn[nH]c3N)sc2C1. The highest BCUT2D eigenvalue weighted by Crippen LogP contribution is 2.33. The molecule has 3 heterocycles. The Kier molecular flexibility index (Phi) is 2.60. The first kappa shape index (κ1) is 10.7. The summed E-state index contributed by atoms with van der Waals surface area (Å²) >= 11 is 1.73. The minimum atomic E-state index is 0.600. The van der Waals surface area contributed by atoms with Crippen molar-refractivity contribution >= 4 is 17.2 Å². The molecule has 0 atom stereocenters. The lowest BCUT2D eigenvalue weighted by atomic mass is 10.2. The normalized spacial score (nSPS) is 16.1. The number of nitrogens with two attached hydrogens (primary N) is 1. The number of rotatable bonds is 2. The molecule has 0 saturated carbocycles. The molecule has 0 unspecified atom stereocenters. The lowest BCUT2D eigenvalue weighted by molar-refractivity contribution is 0.270. The van der Waals surface area contributed by atoms with Crippen molar-refractivity contribution in [2.75, 3.05) is 18.8 Å². The summed E-state index contributed by atoms with van der Waals surface area (Å²) in [6, 6.07) is 0. The minimum Gasteiger partial charge on any atom is -0.383 e. The molecule has 0 aromatic carbocycles. The molecule has 17 heavy (non-hydrogen) atoms. The molecule has 0 fully saturated rings. The number of fused-ring (bicyclic) bond motifs is 1. The molecule has 0 aliphatic carbocycles. The van der Waals surface area contributed by atoms with Gasteiger partial charge in [-0.25, -0.2) is 4.98 Å². The summed E-state index contributed by atoms with van der Waals surface area (Å²) in [5.41, 5.74) is 7.98. The van der Waals surface area contributed by atoms with Crippen molar-refractivity contribution in [2.24, 2.45) is 0 Å². The average Bonchev–Trinajstić information content (AvgIpc) is 2.93. The van der Waals surface area contributed by atoms with Gasteiger partial charge >= 0.3 is 0 Å². The van der Waals surface area contributed by atoms with Gasteiger partial charge in [-0.1, -0.05) is 6.92 Å². The van der Waals surface area contributed by atoms with Gasteiger partial charge in [0.2, 0.25) is 0 Å². The van der Waals surface area contributed by atoms with Crippen molar-refractivity contribution < 1.29 is 0 Å². The lowest BCUT2D eigenvalue weighted by Gasteiger charge is -2.23. The summed E-state index contributed by atoms with van der Waals surface area (Å²) in [7, 11) is 0. The average molecular weight is 249 g/mol. The molecule has 1 aliphatic rings. The fraction of sp³-hybridized carbons (Fsp3) is 0.455. The summed E-state index contributed by atoms with van der Waals surface area (Å²) in [5.74, 6) is 0.600. The van der Waals surface area contributed by atoms with E-state index in [0.29, 0.717) is 5.82 Å². The van der Waals surface area contributed by atoms with E-state index in [2.05, 4.69) is 27.0 Å². The van der Waals surface area contributed by atoms with Crippen molar-refractivity contribution in [3.8, 4) is 10.6 Å². The van der Waals surface area contributed by atoms with E-state index in [1.54, 1.807) is 17.5 Å². The van der Waals surface area contributed by atoms with Crippen molar-refractivity contribution in [3.63, 3.8) is 0 Å². The van der Waals surface area contributed by atoms with E-state index in [4.69, 9.17) is 5.73 Å². The smallest absolute Gasteiger partial charge is 0.129 e. The Morgan fingerprint density at radius 2 is 2.47 bits per heavy atom. The highest BCUT2D eigenvalue weighted by atomic mass is 32.1. The Hall–Kier alpha value is -1.40. The highest BCUT2D eigenvalue weighted by molar-refractivity contribution is 7.15. The molecule has 0 amide bonds. The number of aromatic amines is 1. The molecule has 3 rings (SSSR count). The number of nitrogen functional groups attached to an aromatic ring is 1. The van der Waals surface area contributed by atoms with Gasteiger partial charge in [-0.2, -0.15) is 5.10 Å². The summed E-state index contributed by atoms with van der Waals surface area (Å²) in [6.45, 7) is 5.41. The number of hydrogen-bond acceptors (Lipinski definition) is 5. The molecular formula is C11H15N5S. The van der Waals surface area contributed by atoms with Crippen LogP contribution in [-0.2, 0) is 13.0 Å². The molecule has 3 N–H and O–H groups in total. The minimum absolute atomic E-state index is 0.600. The second-order valence-electron chi connectivity index (χ2n) is 4.21. The number of anilines is 1. The molecule has 6 heteroatoms. The maximum Gasteiger partial charge on any atom is 0.129 e. The van der Waals surface area contributed by atoms with Crippen LogP contribution < -0.4 is 5.73 Å². The zero-order valence-electron chi connectivity index (χ0n) is 9.73. The Bertz CT molecular complexity index is 530. The molecule has 1 aliphatic heterocycles. The standard InChI is InChI=1S/C11H15N5S/c1-2-16-4-3-8-9(6-16)17-11(14-8)7-5-13-15-10(7)12/h5H,2-4,6H2,1H3,(H3,12,13,15). The topological polar surface area (TPSA) is 70.8 Å². The van der Waals surface area contributed by atoms with Crippen LogP contribution in [0.25, 0.3) is 10.6 Å². The summed E-state index contributed by atoms with van der Waals surface area (Å²) < 4.78 is 0. The van der Waals surface area contributed by atoms with Gasteiger partial charge < -0.3 is 5.73 Å². The largest absolute Gasteiger partial charge is 0.383 e. The Morgan fingerprint density at radius 3 is 3.18 bits per heavy atom. The first-order valence-electron chi connectivity index (χ1n) is 5.78. The van der Waals surface area contributed by atoms with E-state index in [1.807, 2.05) is 0 Å². The van der Waals surface area contributed by atoms with Crippen LogP contribution in [0.15, 0.2) is 6.20 Å². The van der Waals surface area contributed by atoms with Gasteiger partial charge in [0.05, 0.1) is 17.5 Å². The van der Waals surface area contributed by atoms with E-state index in [0.717, 1.165) is 36.6 Å². The van der Waals surface area contributed by atoms with Crippen LogP contribution in [-0.4, -0.2) is 33.2 Å². The molecular weight excluding hydrogens is 234 g/mol. The van der Waals surface area contributed by atoms with E-state index < -0.39 is 0 Å². The Balaban J connectivity index is 1.95. The predicted molar refractivity (Wildman–Crippen MR) is 68.8 cm³/mol. The third kappa shape index (κ3) is 1.83. The fourth-order valence-corrected chi connectivity index (χ4v) is 3.27. The van der Waals surface area contributed by atoms with E-state index in [-0.39, 0.29) is 0 Å². The number of likely N-dealkylation sites (N-methyl/N-ethyl adjacent to an activating group) is 1. The van der Waals surface area contributed by atoms with Crippen LogP contribution in [0, 0.1) is 0 Å². The maximum absolute atomic E-state index is 5.82. The van der Waals surface area contributed by atoms with Crippen LogP contribution in [0.3, 0.4) is 0 Å². The van der Waals surface area contributed by atoms with Gasteiger partial charge in [-0.05, 0) is 6.54 Å². The second kappa shape index (κ2) is 4.12. The summed E-state index contributed by atoms with van der Waals surface area (Å²) in [5, 5.41) is 7.68. The van der Waals surface area contributed by atoms with E-state index in [1.165, 1.54) is 10.6 Å². The van der Waals surface area contributed by atoms with Crippen LogP contribution in [0.5, 0.6) is 0 Å². The fourth-order valence-electron chi connectivity index (χ4n) is 2.10. The number of nitrogens with one attached hydrogen (secondary N) is 1. The lowest BCUT2D eigenvalue weighted by Crippen LogP contribution is -2.29. The maximum atomic E-state index is 5.82. The summed E-state index contributed by atoms with van der Waals surface area (Å²) in [4.78, 5) is 8.48. The van der Waals surface area contributed by atoms with E-state index >= 15 is 0 Å². The molecule has 5 nitrogen and oxygen atoms in total. The van der Waals surface area contributed by atoms with Gasteiger partial charge in [-0.3, -0.25) is 10.00 Å². The third-order valence-corrected chi connectivity index (χ3v) is 4.27. The molecule has 0 saturated heterocycles. The van der Waals surface area contributed by atoms with Crippen LogP contribution in [0.1, 0.15) is 17.5 Å². The second-order valence-corrected chi connectivity index (χ2v) is 5.29. The molecule has 2 aromatic rings. The summed E-state index contributed by atoms with van der Waals surface area (Å²) in [6.07, 6.45) is 2.79. The predicted octanol–water partition coefficient (Wildman–Crippen LogP) is 1.49. The first-order valence-corrected chi connectivity index (χ1v) is 6.59. The van der Waals surface area contributed by atoms with Gasteiger partial charge in [0.1, 0.15) is 10.8 Å². The van der Waals surface area contributed by atoms with Crippen LogP contribution in [0.4, 0.5) is 5.82 Å². The van der Waals surface area contributed by atoms with Crippen molar-refractivity contribution in [1.29, 1.82) is 0 Å². The van der Waals surface area contributed by atoms with Gasteiger partial charge in [0.25, 0.3) is 0 Å². The molecule has 0 spiro atoms. The number of thiazole rings is 1. The molecule has 0 radical (unpaired) electrons. The van der Waals surface area contributed by atoms with Crippen molar-refractivity contribution in [2.45, 2.75) is 19.9 Å². The van der Waals surface area contributed by atoms with Gasteiger partial charge in [-0.15, -0.1) is 11.3 Å². The zero-order valence-corrected chi connectivity index (χ0v) is 10.5. The first-order chi connectivity index (χ1) is 8.28. The van der Waals surface area contributed by atoms with E-state index in [9.17, 15) is 0 Å². The quantitative estimate of drug-likeness (QED) is 0.846. The Labute approximate surface area is 104 Å². The Morgan fingerprint density at radius 1 is 1.59 bits per heavy atom. The third-order valence-electron chi connectivity index (χ3n) is 3.16. The van der Waals surface area contributed by atoms with Crippen LogP contribution in [0.2, 0.25) is 0 Å². The molecule has 0 bridgehead atoms. The van der Waals surface area contributed by atoms with Gasteiger partial charge in [0.15, 0.2) is 0 Å². The number of H-pyrrole nitrogens is 1. The van der Waals surface area contributed by atoms with Crippen molar-refractivity contribution in [3.05, 3.63) is 16.8 Å². The molecule has 2 aromatic heterocycles. The zero-order chi connectivity index (χ0) is 11.8. The highest BCUT2D eigenvalue weighted by Gasteiger charge is 2.21. The monoisotopic (exact) mass is 249 g/mol. The number of nitrogens with zero attached hydrogens (tertiary/aromatic N) is 3. The number of hydrogen-bond donors (Lipinski definition) is 2.